The number of halogens is 1. The van der Waals surface area contributed by atoms with Crippen LogP contribution < -0.4 is 5.32 Å². The molecular formula is C14H16ClNO3. The Morgan fingerprint density at radius 3 is 2.89 bits per heavy atom. The van der Waals surface area contributed by atoms with Crippen molar-refractivity contribution in [2.24, 2.45) is 5.92 Å². The smallest absolute Gasteiger partial charge is 0.307 e. The van der Waals surface area contributed by atoms with Gasteiger partial charge in [0.1, 0.15) is 0 Å². The summed E-state index contributed by atoms with van der Waals surface area (Å²) in [4.78, 5) is 23.4. The summed E-state index contributed by atoms with van der Waals surface area (Å²) < 4.78 is 5.28. The number of esters is 1. The number of carbonyl (C=O) groups excluding carboxylic acids is 2. The molecule has 1 heterocycles. The van der Waals surface area contributed by atoms with Crippen LogP contribution in [0.5, 0.6) is 0 Å². The highest BCUT2D eigenvalue weighted by Crippen LogP contribution is 2.29. The van der Waals surface area contributed by atoms with Crippen LogP contribution >= 0.6 is 11.6 Å². The number of amides is 1. The van der Waals surface area contributed by atoms with Crippen LogP contribution in [-0.2, 0) is 9.53 Å². The third-order valence-corrected chi connectivity index (χ3v) is 3.21. The molecule has 19 heavy (non-hydrogen) atoms. The normalized spacial score (nSPS) is 17.3. The van der Waals surface area contributed by atoms with Crippen molar-refractivity contribution in [3.8, 4) is 0 Å². The highest BCUT2D eigenvalue weighted by atomic mass is 35.5. The van der Waals surface area contributed by atoms with Crippen molar-refractivity contribution in [3.63, 3.8) is 0 Å². The van der Waals surface area contributed by atoms with Crippen LogP contribution in [0.3, 0.4) is 0 Å². The molecular weight excluding hydrogens is 266 g/mol. The van der Waals surface area contributed by atoms with Gasteiger partial charge in [0, 0.05) is 22.6 Å². The largest absolute Gasteiger partial charge is 0.437 e. The van der Waals surface area contributed by atoms with Crippen LogP contribution in [0.1, 0.15) is 48.8 Å². The van der Waals surface area contributed by atoms with Crippen LogP contribution in [0.15, 0.2) is 18.2 Å². The molecule has 1 unspecified atom stereocenters. The lowest BCUT2D eigenvalue weighted by Crippen LogP contribution is -2.23. The fourth-order valence-electron chi connectivity index (χ4n) is 1.92. The van der Waals surface area contributed by atoms with Gasteiger partial charge in [0.15, 0.2) is 0 Å². The zero-order valence-electron chi connectivity index (χ0n) is 10.9. The zero-order chi connectivity index (χ0) is 14.0. The van der Waals surface area contributed by atoms with Crippen molar-refractivity contribution >= 4 is 23.5 Å². The van der Waals surface area contributed by atoms with Crippen molar-refractivity contribution in [1.82, 2.24) is 5.32 Å². The first-order valence-electron chi connectivity index (χ1n) is 6.27. The number of hydrogen-bond acceptors (Lipinski definition) is 3. The lowest BCUT2D eigenvalue weighted by Gasteiger charge is -2.13. The quantitative estimate of drug-likeness (QED) is 0.863. The van der Waals surface area contributed by atoms with Gasteiger partial charge in [0.2, 0.25) is 6.23 Å². The van der Waals surface area contributed by atoms with Gasteiger partial charge < -0.3 is 10.1 Å². The van der Waals surface area contributed by atoms with E-state index in [0.29, 0.717) is 28.5 Å². The third-order valence-electron chi connectivity index (χ3n) is 2.98. The Morgan fingerprint density at radius 2 is 2.21 bits per heavy atom. The van der Waals surface area contributed by atoms with Gasteiger partial charge in [-0.2, -0.15) is 0 Å². The van der Waals surface area contributed by atoms with E-state index in [1.165, 1.54) is 0 Å². The fourth-order valence-corrected chi connectivity index (χ4v) is 2.10. The van der Waals surface area contributed by atoms with Crippen LogP contribution in [-0.4, -0.2) is 11.9 Å². The maximum absolute atomic E-state index is 11.7. The highest BCUT2D eigenvalue weighted by Gasteiger charge is 2.31. The molecule has 0 saturated carbocycles. The molecule has 1 atom stereocenters. The summed E-state index contributed by atoms with van der Waals surface area (Å²) in [6.45, 7) is 4.08. The van der Waals surface area contributed by atoms with Gasteiger partial charge in [-0.15, -0.1) is 0 Å². The molecule has 2 rings (SSSR count). The minimum absolute atomic E-state index is 0.242. The summed E-state index contributed by atoms with van der Waals surface area (Å²) in [7, 11) is 0. The van der Waals surface area contributed by atoms with E-state index in [1.807, 2.05) is 13.8 Å². The molecule has 1 aromatic rings. The van der Waals surface area contributed by atoms with Gasteiger partial charge in [-0.1, -0.05) is 25.4 Å². The van der Waals surface area contributed by atoms with Gasteiger partial charge in [-0.05, 0) is 30.5 Å². The van der Waals surface area contributed by atoms with Crippen LogP contribution in [0.4, 0.5) is 0 Å². The Hall–Kier alpha value is -1.55. The van der Waals surface area contributed by atoms with Crippen molar-refractivity contribution in [3.05, 3.63) is 34.3 Å². The average Bonchev–Trinajstić information content (AvgIpc) is 2.63. The topological polar surface area (TPSA) is 55.4 Å². The molecule has 102 valence electrons. The summed E-state index contributed by atoms with van der Waals surface area (Å²) >= 11 is 5.90. The van der Waals surface area contributed by atoms with Crippen molar-refractivity contribution in [2.45, 2.75) is 32.9 Å². The molecule has 0 fully saturated rings. The number of nitrogens with one attached hydrogen (secondary N) is 1. The van der Waals surface area contributed by atoms with Crippen molar-refractivity contribution in [2.75, 3.05) is 0 Å². The molecule has 0 spiro atoms. The summed E-state index contributed by atoms with van der Waals surface area (Å²) in [6, 6.07) is 4.92. The first kappa shape index (κ1) is 13.9. The predicted octanol–water partition coefficient (Wildman–Crippen LogP) is 3.06. The number of carbonyl (C=O) groups is 2. The molecule has 1 amide bonds. The van der Waals surface area contributed by atoms with E-state index in [2.05, 4.69) is 5.32 Å². The van der Waals surface area contributed by atoms with Gasteiger partial charge in [0.05, 0.1) is 0 Å². The Morgan fingerprint density at radius 1 is 1.47 bits per heavy atom. The predicted molar refractivity (Wildman–Crippen MR) is 71.8 cm³/mol. The Bertz CT molecular complexity index is 513. The van der Waals surface area contributed by atoms with E-state index in [1.54, 1.807) is 18.2 Å². The van der Waals surface area contributed by atoms with Crippen molar-refractivity contribution in [1.29, 1.82) is 0 Å². The highest BCUT2D eigenvalue weighted by molar-refractivity contribution is 6.30. The van der Waals surface area contributed by atoms with Crippen LogP contribution in [0.25, 0.3) is 0 Å². The molecule has 1 aliphatic rings. The third kappa shape index (κ3) is 3.26. The molecule has 0 aliphatic carbocycles. The molecule has 4 nitrogen and oxygen atoms in total. The lowest BCUT2D eigenvalue weighted by atomic mass is 10.1. The van der Waals surface area contributed by atoms with E-state index >= 15 is 0 Å². The Balaban J connectivity index is 2.06. The monoisotopic (exact) mass is 281 g/mol. The van der Waals surface area contributed by atoms with E-state index < -0.39 is 6.23 Å². The molecule has 0 radical (unpaired) electrons. The Kier molecular flexibility index (Phi) is 4.10. The van der Waals surface area contributed by atoms with E-state index in [0.717, 1.165) is 6.42 Å². The molecule has 1 aromatic carbocycles. The summed E-state index contributed by atoms with van der Waals surface area (Å²) in [5.41, 5.74) is 1.13. The number of ether oxygens (including phenoxy) is 1. The SMILES string of the molecule is CC(C)CCC(=O)OC1NC(=O)c2ccc(Cl)cc21. The van der Waals surface area contributed by atoms with E-state index in [4.69, 9.17) is 16.3 Å². The minimum Gasteiger partial charge on any atom is -0.437 e. The van der Waals surface area contributed by atoms with Crippen LogP contribution in [0.2, 0.25) is 5.02 Å². The molecule has 1 N–H and O–H groups in total. The summed E-state index contributed by atoms with van der Waals surface area (Å²) in [5.74, 6) is -0.118. The minimum atomic E-state index is -0.721. The van der Waals surface area contributed by atoms with E-state index in [-0.39, 0.29) is 11.9 Å². The first-order valence-corrected chi connectivity index (χ1v) is 6.65. The van der Waals surface area contributed by atoms with Gasteiger partial charge in [-0.3, -0.25) is 9.59 Å². The lowest BCUT2D eigenvalue weighted by molar-refractivity contribution is -0.150. The summed E-state index contributed by atoms with van der Waals surface area (Å²) in [5, 5.41) is 3.14. The van der Waals surface area contributed by atoms with Gasteiger partial charge >= 0.3 is 5.97 Å². The molecule has 1 aliphatic heterocycles. The second kappa shape index (κ2) is 5.61. The van der Waals surface area contributed by atoms with E-state index in [9.17, 15) is 9.59 Å². The fraction of sp³-hybridized carbons (Fsp3) is 0.429. The standard InChI is InChI=1S/C14H16ClNO3/c1-8(2)3-6-12(17)19-14-11-7-9(15)4-5-10(11)13(18)16-14/h4-5,7-8,14H,3,6H2,1-2H3,(H,16,18). The number of hydrogen-bond donors (Lipinski definition) is 1. The molecule has 0 aromatic heterocycles. The molecule has 0 saturated heterocycles. The van der Waals surface area contributed by atoms with Gasteiger partial charge in [-0.25, -0.2) is 0 Å². The first-order chi connectivity index (χ1) is 8.97. The maximum Gasteiger partial charge on any atom is 0.307 e. The maximum atomic E-state index is 11.7. The number of fused-ring (bicyclic) bond motifs is 1. The second-order valence-corrected chi connectivity index (χ2v) is 5.44. The zero-order valence-corrected chi connectivity index (χ0v) is 11.7. The average molecular weight is 282 g/mol. The number of benzene rings is 1. The van der Waals surface area contributed by atoms with Gasteiger partial charge in [0.25, 0.3) is 5.91 Å². The van der Waals surface area contributed by atoms with Crippen molar-refractivity contribution < 1.29 is 14.3 Å². The van der Waals surface area contributed by atoms with Crippen LogP contribution in [0, 0.1) is 5.92 Å². The number of rotatable bonds is 4. The summed E-state index contributed by atoms with van der Waals surface area (Å²) in [6.07, 6.45) is 0.392. The Labute approximate surface area is 117 Å². The molecule has 5 heteroatoms. The molecule has 0 bridgehead atoms. The second-order valence-electron chi connectivity index (χ2n) is 5.01.